The number of aromatic nitrogens is 2. The molecule has 3 fully saturated rings. The number of hydrogen-bond donors (Lipinski definition) is 0. The van der Waals surface area contributed by atoms with E-state index in [1.165, 1.54) is 56.2 Å². The molecule has 3 heteroatoms. The van der Waals surface area contributed by atoms with Crippen LogP contribution in [0.15, 0.2) is 18.0 Å². The van der Waals surface area contributed by atoms with Crippen molar-refractivity contribution < 1.29 is 4.74 Å². The fourth-order valence-corrected chi connectivity index (χ4v) is 11.1. The molecule has 35 heavy (non-hydrogen) atoms. The van der Waals surface area contributed by atoms with Gasteiger partial charge in [-0.3, -0.25) is 0 Å². The summed E-state index contributed by atoms with van der Waals surface area (Å²) in [5.74, 6) is 5.57. The number of nitrogens with zero attached hydrogens (tertiary/aromatic N) is 2. The van der Waals surface area contributed by atoms with Crippen molar-refractivity contribution in [2.45, 2.75) is 105 Å². The largest absolute Gasteiger partial charge is 0.481 e. The lowest BCUT2D eigenvalue weighted by molar-refractivity contribution is -0.154. The molecule has 3 saturated carbocycles. The highest BCUT2D eigenvalue weighted by Crippen LogP contribution is 2.74. The van der Waals surface area contributed by atoms with E-state index in [2.05, 4.69) is 59.5 Å². The summed E-state index contributed by atoms with van der Waals surface area (Å²) in [5.41, 5.74) is 5.35. The molecule has 0 aromatic carbocycles. The van der Waals surface area contributed by atoms with Gasteiger partial charge in [0.2, 0.25) is 5.88 Å². The Balaban J connectivity index is 1.47. The Morgan fingerprint density at radius 1 is 0.914 bits per heavy atom. The van der Waals surface area contributed by atoms with Gasteiger partial charge in [0.15, 0.2) is 0 Å². The molecule has 3 nitrogen and oxygen atoms in total. The van der Waals surface area contributed by atoms with Gasteiger partial charge in [-0.25, -0.2) is 9.97 Å². The minimum Gasteiger partial charge on any atom is -0.481 e. The summed E-state index contributed by atoms with van der Waals surface area (Å²) in [4.78, 5) is 9.42. The van der Waals surface area contributed by atoms with Gasteiger partial charge in [0.25, 0.3) is 0 Å². The highest BCUT2D eigenvalue weighted by molar-refractivity contribution is 5.42. The summed E-state index contributed by atoms with van der Waals surface area (Å²) in [6, 6.07) is 0. The zero-order chi connectivity index (χ0) is 25.0. The number of hydrogen-bond acceptors (Lipinski definition) is 3. The van der Waals surface area contributed by atoms with E-state index in [0.29, 0.717) is 22.7 Å². The fourth-order valence-electron chi connectivity index (χ4n) is 11.1. The van der Waals surface area contributed by atoms with Gasteiger partial charge < -0.3 is 4.74 Å². The van der Waals surface area contributed by atoms with E-state index < -0.39 is 0 Å². The SMILES string of the molecule is COc1ncnc2c1C[C@]1(C)[C@H]3CC=C4[C@H]5[C@@H](CC[C@@H](C)[C@@H]5C)CC[C@@]4(C)[C@]3(C)CC[C@H]1C2(C)C. The quantitative estimate of drug-likeness (QED) is 0.388. The molecule has 0 bridgehead atoms. The maximum atomic E-state index is 5.82. The van der Waals surface area contributed by atoms with Crippen molar-refractivity contribution in [1.29, 1.82) is 0 Å². The fraction of sp³-hybridized carbons (Fsp3) is 0.812. The Bertz CT molecular complexity index is 1060. The van der Waals surface area contributed by atoms with Crippen molar-refractivity contribution >= 4 is 0 Å². The van der Waals surface area contributed by atoms with E-state index in [4.69, 9.17) is 9.72 Å². The molecule has 0 amide bonds. The zero-order valence-electron chi connectivity index (χ0n) is 23.6. The Morgan fingerprint density at radius 2 is 1.69 bits per heavy atom. The maximum Gasteiger partial charge on any atom is 0.219 e. The van der Waals surface area contributed by atoms with Crippen molar-refractivity contribution in [1.82, 2.24) is 9.97 Å². The van der Waals surface area contributed by atoms with Gasteiger partial charge in [-0.15, -0.1) is 0 Å². The second kappa shape index (κ2) is 7.57. The third-order valence-electron chi connectivity index (χ3n) is 13.3. The van der Waals surface area contributed by atoms with Crippen LogP contribution in [0.25, 0.3) is 0 Å². The first-order valence-electron chi connectivity index (χ1n) is 14.6. The van der Waals surface area contributed by atoms with Crippen molar-refractivity contribution in [3.05, 3.63) is 29.2 Å². The number of fused-ring (bicyclic) bond motifs is 8. The van der Waals surface area contributed by atoms with Crippen molar-refractivity contribution in [3.63, 3.8) is 0 Å². The summed E-state index contributed by atoms with van der Waals surface area (Å²) in [6.07, 6.45) is 15.2. The van der Waals surface area contributed by atoms with Gasteiger partial charge in [0.1, 0.15) is 6.33 Å². The number of ether oxygens (including phenoxy) is 1. The summed E-state index contributed by atoms with van der Waals surface area (Å²) < 4.78 is 5.82. The average molecular weight is 477 g/mol. The first-order valence-corrected chi connectivity index (χ1v) is 14.6. The molecule has 9 atom stereocenters. The molecule has 5 aliphatic rings. The number of allylic oxidation sites excluding steroid dienone is 2. The molecule has 0 unspecified atom stereocenters. The molecule has 0 saturated heterocycles. The van der Waals surface area contributed by atoms with Crippen LogP contribution in [0, 0.1) is 51.8 Å². The minimum atomic E-state index is 0.0375. The lowest BCUT2D eigenvalue weighted by atomic mass is 9.34. The van der Waals surface area contributed by atoms with Gasteiger partial charge in [-0.2, -0.15) is 0 Å². The van der Waals surface area contributed by atoms with E-state index >= 15 is 0 Å². The van der Waals surface area contributed by atoms with Gasteiger partial charge in [-0.1, -0.05) is 66.5 Å². The minimum absolute atomic E-state index is 0.0375. The number of rotatable bonds is 1. The van der Waals surface area contributed by atoms with Gasteiger partial charge in [0.05, 0.1) is 12.8 Å². The summed E-state index contributed by atoms with van der Waals surface area (Å²) in [6.45, 7) is 18.0. The monoisotopic (exact) mass is 476 g/mol. The van der Waals surface area contributed by atoms with E-state index in [1.54, 1.807) is 13.4 Å². The molecular weight excluding hydrogens is 428 g/mol. The first kappa shape index (κ1) is 24.0. The second-order valence-electron chi connectivity index (χ2n) is 14.6. The Hall–Kier alpha value is -1.38. The molecular formula is C32H48N2O. The average Bonchev–Trinajstić information content (AvgIpc) is 2.81. The topological polar surface area (TPSA) is 35.0 Å². The Kier molecular flexibility index (Phi) is 5.19. The van der Waals surface area contributed by atoms with Crippen LogP contribution in [0.1, 0.15) is 105 Å². The van der Waals surface area contributed by atoms with Crippen LogP contribution in [-0.4, -0.2) is 17.1 Å². The molecule has 1 aromatic heterocycles. The van der Waals surface area contributed by atoms with Crippen LogP contribution in [0.5, 0.6) is 5.88 Å². The van der Waals surface area contributed by atoms with E-state index in [-0.39, 0.29) is 10.8 Å². The third kappa shape index (κ3) is 2.90. The van der Waals surface area contributed by atoms with E-state index in [0.717, 1.165) is 36.0 Å². The molecule has 1 heterocycles. The van der Waals surface area contributed by atoms with Gasteiger partial charge in [-0.05, 0) is 96.7 Å². The standard InChI is InChI=1S/C32H48N2O/c1-19-9-10-21-13-15-31(6)23(26(21)20(19)2)11-12-25-30(5)17-22-27(33-18-34-28(22)35-8)29(3,4)24(30)14-16-32(25,31)7/h11,18-21,24-26H,9-10,12-17H2,1-8H3/t19-,20+,21+,24+,25-,26-,30+,31-,32-/m1/s1. The van der Waals surface area contributed by atoms with Crippen molar-refractivity contribution in [3.8, 4) is 5.88 Å². The van der Waals surface area contributed by atoms with Crippen LogP contribution in [0.3, 0.4) is 0 Å². The predicted molar refractivity (Wildman–Crippen MR) is 142 cm³/mol. The predicted octanol–water partition coefficient (Wildman–Crippen LogP) is 7.79. The summed E-state index contributed by atoms with van der Waals surface area (Å²) >= 11 is 0. The van der Waals surface area contributed by atoms with Crippen LogP contribution in [0.2, 0.25) is 0 Å². The van der Waals surface area contributed by atoms with Crippen LogP contribution in [-0.2, 0) is 11.8 Å². The molecule has 6 rings (SSSR count). The first-order chi connectivity index (χ1) is 16.5. The Labute approximate surface area is 213 Å². The molecule has 0 radical (unpaired) electrons. The highest BCUT2D eigenvalue weighted by atomic mass is 16.5. The van der Waals surface area contributed by atoms with Crippen LogP contribution in [0.4, 0.5) is 0 Å². The van der Waals surface area contributed by atoms with Crippen molar-refractivity contribution in [2.24, 2.45) is 51.8 Å². The second-order valence-corrected chi connectivity index (χ2v) is 14.6. The normalized spacial score (nSPS) is 47.8. The molecule has 0 aliphatic heterocycles. The zero-order valence-corrected chi connectivity index (χ0v) is 23.6. The summed E-state index contributed by atoms with van der Waals surface area (Å²) in [5, 5.41) is 0. The summed E-state index contributed by atoms with van der Waals surface area (Å²) in [7, 11) is 1.77. The van der Waals surface area contributed by atoms with Gasteiger partial charge >= 0.3 is 0 Å². The third-order valence-corrected chi connectivity index (χ3v) is 13.3. The number of methoxy groups -OCH3 is 1. The lowest BCUT2D eigenvalue weighted by Crippen LogP contribution is -2.63. The Morgan fingerprint density at radius 3 is 2.43 bits per heavy atom. The van der Waals surface area contributed by atoms with E-state index in [1.807, 2.05) is 5.57 Å². The molecule has 0 spiro atoms. The van der Waals surface area contributed by atoms with Crippen LogP contribution < -0.4 is 4.74 Å². The molecule has 0 N–H and O–H groups in total. The highest BCUT2D eigenvalue weighted by Gasteiger charge is 2.67. The molecule has 192 valence electrons. The van der Waals surface area contributed by atoms with E-state index in [9.17, 15) is 0 Å². The van der Waals surface area contributed by atoms with Gasteiger partial charge in [0, 0.05) is 11.0 Å². The molecule has 1 aromatic rings. The maximum absolute atomic E-state index is 5.82. The van der Waals surface area contributed by atoms with Crippen LogP contribution >= 0.6 is 0 Å². The molecule has 5 aliphatic carbocycles. The smallest absolute Gasteiger partial charge is 0.219 e. The van der Waals surface area contributed by atoms with Crippen molar-refractivity contribution in [2.75, 3.05) is 7.11 Å². The lowest BCUT2D eigenvalue weighted by Gasteiger charge is -2.70.